The van der Waals surface area contributed by atoms with Crippen molar-refractivity contribution in [3.63, 3.8) is 0 Å². The number of esters is 1. The van der Waals surface area contributed by atoms with Gasteiger partial charge in [-0.05, 0) is 75.3 Å². The van der Waals surface area contributed by atoms with Gasteiger partial charge in [0.2, 0.25) is 35.4 Å². The number of carboxylic acid groups (broad SMARTS) is 1. The SMILES string of the molecule is CCCC(NC(=O)[C@@H](CCC(=O)O)NC(=O)[C@H](NC(=O)[C@H](NC(=O)C(Cc1ccc(O)cc1)NCC[C@@H](N)C(=O)OCc1ccccc1)[C@@H](C)O)C(C)C)C(=O)N[C@H](C)C(N)=O. The molecule has 0 saturated heterocycles. The number of ether oxygens (including phenoxy) is 1. The smallest absolute Gasteiger partial charge is 0.323 e. The zero-order valence-electron chi connectivity index (χ0n) is 35.7. The van der Waals surface area contributed by atoms with Crippen molar-refractivity contribution in [1.29, 1.82) is 0 Å². The predicted molar refractivity (Wildman–Crippen MR) is 225 cm³/mol. The fourth-order valence-electron chi connectivity index (χ4n) is 5.94. The van der Waals surface area contributed by atoms with Crippen LogP contribution in [-0.4, -0.2) is 118 Å². The Hall–Kier alpha value is -6.12. The first kappa shape index (κ1) is 52.0. The Morgan fingerprint density at radius 1 is 0.677 bits per heavy atom. The Bertz CT molecular complexity index is 1810. The first-order valence-corrected chi connectivity index (χ1v) is 20.4. The lowest BCUT2D eigenvalue weighted by molar-refractivity contribution is -0.146. The van der Waals surface area contributed by atoms with Gasteiger partial charge >= 0.3 is 11.9 Å². The molecule has 0 aromatic heterocycles. The number of hydrogen-bond donors (Lipinski definition) is 11. The number of nitrogens with one attached hydrogen (secondary N) is 6. The average molecular weight is 871 g/mol. The van der Waals surface area contributed by atoms with Crippen LogP contribution in [0.25, 0.3) is 0 Å². The van der Waals surface area contributed by atoms with Gasteiger partial charge in [-0.3, -0.25) is 38.4 Å². The quantitative estimate of drug-likeness (QED) is 0.0480. The van der Waals surface area contributed by atoms with Gasteiger partial charge < -0.3 is 63.4 Å². The fraction of sp³-hybridized carbons (Fsp3) is 0.524. The molecule has 0 radical (unpaired) electrons. The lowest BCUT2D eigenvalue weighted by atomic mass is 10.00. The van der Waals surface area contributed by atoms with Crippen LogP contribution in [0.5, 0.6) is 5.75 Å². The third-order valence-electron chi connectivity index (χ3n) is 9.65. The zero-order chi connectivity index (χ0) is 46.5. The molecule has 20 nitrogen and oxygen atoms in total. The van der Waals surface area contributed by atoms with E-state index in [2.05, 4.69) is 31.9 Å². The van der Waals surface area contributed by atoms with Gasteiger partial charge in [-0.15, -0.1) is 0 Å². The third-order valence-corrected chi connectivity index (χ3v) is 9.65. The summed E-state index contributed by atoms with van der Waals surface area (Å²) in [5.41, 5.74) is 12.7. The second kappa shape index (κ2) is 26.3. The highest BCUT2D eigenvalue weighted by Crippen LogP contribution is 2.13. The molecule has 342 valence electrons. The average Bonchev–Trinajstić information content (AvgIpc) is 3.22. The summed E-state index contributed by atoms with van der Waals surface area (Å²) in [7, 11) is 0. The number of aliphatic carboxylic acids is 1. The van der Waals surface area contributed by atoms with Gasteiger partial charge in [0.25, 0.3) is 0 Å². The Labute approximate surface area is 360 Å². The number of carbonyl (C=O) groups excluding carboxylic acids is 7. The highest BCUT2D eigenvalue weighted by Gasteiger charge is 2.35. The molecule has 6 amide bonds. The Morgan fingerprint density at radius 2 is 1.23 bits per heavy atom. The predicted octanol–water partition coefficient (Wildman–Crippen LogP) is -1.02. The third kappa shape index (κ3) is 18.2. The lowest BCUT2D eigenvalue weighted by Crippen LogP contribution is -2.62. The van der Waals surface area contributed by atoms with E-state index >= 15 is 0 Å². The molecule has 0 aliphatic heterocycles. The van der Waals surface area contributed by atoms with Gasteiger partial charge in [0.15, 0.2) is 0 Å². The molecule has 0 aliphatic carbocycles. The van der Waals surface area contributed by atoms with Crippen molar-refractivity contribution in [2.75, 3.05) is 6.54 Å². The van der Waals surface area contributed by atoms with Crippen LogP contribution in [0.3, 0.4) is 0 Å². The summed E-state index contributed by atoms with van der Waals surface area (Å²) >= 11 is 0. The second-order valence-corrected chi connectivity index (χ2v) is 15.3. The van der Waals surface area contributed by atoms with Crippen LogP contribution in [0.4, 0.5) is 0 Å². The number of aliphatic hydroxyl groups excluding tert-OH is 1. The lowest BCUT2D eigenvalue weighted by Gasteiger charge is -2.29. The number of phenols is 1. The zero-order valence-corrected chi connectivity index (χ0v) is 35.7. The van der Waals surface area contributed by atoms with E-state index in [0.717, 1.165) is 5.56 Å². The minimum Gasteiger partial charge on any atom is -0.508 e. The van der Waals surface area contributed by atoms with E-state index < -0.39 is 115 Å². The minimum atomic E-state index is -1.61. The van der Waals surface area contributed by atoms with E-state index in [1.54, 1.807) is 57.2 Å². The number of carbonyl (C=O) groups is 8. The van der Waals surface area contributed by atoms with E-state index in [1.807, 2.05) is 6.07 Å². The highest BCUT2D eigenvalue weighted by atomic mass is 16.5. The Kier molecular flexibility index (Phi) is 22.0. The number of rotatable bonds is 27. The van der Waals surface area contributed by atoms with Gasteiger partial charge in [-0.1, -0.05) is 69.7 Å². The number of nitrogens with two attached hydrogens (primary N) is 2. The standard InChI is InChI=1S/C42H62N8O12/c1-6-10-30(37(56)46-24(4)36(44)55)47-38(57)31(17-18-33(53)54)48-40(59)34(23(2)3)49-41(60)35(25(5)51)50-39(58)32(21-26-13-15-28(52)16-14-26)45-20-19-29(43)42(61)62-22-27-11-8-7-9-12-27/h7-9,11-16,23-25,29-32,34-35,45,51-52H,6,10,17-22,43H2,1-5H3,(H2,44,55)(H,46,56)(H,47,57)(H,48,59)(H,49,60)(H,50,58)(H,53,54)/t24-,25-,29-,30?,31-,32?,34-,35-/m1/s1. The van der Waals surface area contributed by atoms with Crippen molar-refractivity contribution in [2.45, 2.75) is 128 Å². The van der Waals surface area contributed by atoms with E-state index in [9.17, 15) is 53.7 Å². The van der Waals surface area contributed by atoms with Crippen molar-refractivity contribution < 1.29 is 58.4 Å². The summed E-state index contributed by atoms with van der Waals surface area (Å²) in [5, 5.41) is 45.3. The van der Waals surface area contributed by atoms with Gasteiger partial charge in [0, 0.05) is 6.42 Å². The second-order valence-electron chi connectivity index (χ2n) is 15.3. The van der Waals surface area contributed by atoms with Crippen LogP contribution in [0, 0.1) is 5.92 Å². The molecule has 0 saturated carbocycles. The maximum absolute atomic E-state index is 13.8. The number of aliphatic hydroxyl groups is 1. The monoisotopic (exact) mass is 870 g/mol. The molecular weight excluding hydrogens is 809 g/mol. The molecule has 62 heavy (non-hydrogen) atoms. The molecule has 2 aromatic rings. The van der Waals surface area contributed by atoms with E-state index in [1.165, 1.54) is 26.0 Å². The van der Waals surface area contributed by atoms with Crippen LogP contribution < -0.4 is 43.4 Å². The van der Waals surface area contributed by atoms with E-state index in [0.29, 0.717) is 12.0 Å². The van der Waals surface area contributed by atoms with Gasteiger partial charge in [-0.2, -0.15) is 0 Å². The first-order chi connectivity index (χ1) is 29.2. The maximum Gasteiger partial charge on any atom is 0.323 e. The number of primary amides is 1. The topological polar surface area (TPSA) is 331 Å². The summed E-state index contributed by atoms with van der Waals surface area (Å²) in [6.07, 6.45) is -1.80. The Balaban J connectivity index is 2.22. The molecule has 0 fully saturated rings. The first-order valence-electron chi connectivity index (χ1n) is 20.4. The van der Waals surface area contributed by atoms with Crippen molar-refractivity contribution in [3.8, 4) is 5.75 Å². The van der Waals surface area contributed by atoms with E-state index in [-0.39, 0.29) is 38.2 Å². The molecule has 20 heteroatoms. The summed E-state index contributed by atoms with van der Waals surface area (Å²) in [6.45, 7) is 7.57. The fourth-order valence-corrected chi connectivity index (χ4v) is 5.94. The molecule has 2 rings (SSSR count). The molecular formula is C42H62N8O12. The summed E-state index contributed by atoms with van der Waals surface area (Å²) in [4.78, 5) is 103. The van der Waals surface area contributed by atoms with Crippen molar-refractivity contribution in [2.24, 2.45) is 17.4 Å². The molecule has 0 spiro atoms. The van der Waals surface area contributed by atoms with Crippen LogP contribution >= 0.6 is 0 Å². The number of benzene rings is 2. The molecule has 0 heterocycles. The van der Waals surface area contributed by atoms with Gasteiger partial charge in [-0.25, -0.2) is 0 Å². The normalized spacial score (nSPS) is 15.0. The largest absolute Gasteiger partial charge is 0.508 e. The minimum absolute atomic E-state index is 0.00839. The summed E-state index contributed by atoms with van der Waals surface area (Å²) < 4.78 is 5.31. The van der Waals surface area contributed by atoms with Crippen molar-refractivity contribution in [3.05, 3.63) is 65.7 Å². The number of hydrogen-bond acceptors (Lipinski definition) is 13. The Morgan fingerprint density at radius 3 is 1.79 bits per heavy atom. The highest BCUT2D eigenvalue weighted by molar-refractivity contribution is 5.97. The van der Waals surface area contributed by atoms with Crippen LogP contribution in [0.1, 0.15) is 77.8 Å². The van der Waals surface area contributed by atoms with Crippen LogP contribution in [0.2, 0.25) is 0 Å². The molecule has 2 aromatic carbocycles. The van der Waals surface area contributed by atoms with Crippen LogP contribution in [-0.2, 0) is 56.1 Å². The summed E-state index contributed by atoms with van der Waals surface area (Å²) in [5.74, 6) is -7.64. The number of amides is 6. The number of phenolic OH excluding ortho intramolecular Hbond substituents is 1. The molecule has 2 unspecified atom stereocenters. The molecule has 13 N–H and O–H groups in total. The molecule has 0 bridgehead atoms. The van der Waals surface area contributed by atoms with Gasteiger partial charge in [0.05, 0.1) is 12.1 Å². The summed E-state index contributed by atoms with van der Waals surface area (Å²) in [6, 6.07) is 6.24. The van der Waals surface area contributed by atoms with Crippen LogP contribution in [0.15, 0.2) is 54.6 Å². The van der Waals surface area contributed by atoms with Crippen molar-refractivity contribution >= 4 is 47.4 Å². The van der Waals surface area contributed by atoms with Gasteiger partial charge in [0.1, 0.15) is 48.6 Å². The number of aromatic hydroxyl groups is 1. The van der Waals surface area contributed by atoms with Crippen molar-refractivity contribution in [1.82, 2.24) is 31.9 Å². The van der Waals surface area contributed by atoms with E-state index in [4.69, 9.17) is 16.2 Å². The molecule has 8 atom stereocenters. The number of carboxylic acids is 1. The maximum atomic E-state index is 13.8. The molecule has 0 aliphatic rings.